The van der Waals surface area contributed by atoms with Gasteiger partial charge in [0, 0.05) is 28.9 Å². The van der Waals surface area contributed by atoms with Gasteiger partial charge >= 0.3 is 5.97 Å². The number of hydrogen-bond donors (Lipinski definition) is 2. The molecule has 4 aromatic rings. The molecule has 0 spiro atoms. The van der Waals surface area contributed by atoms with E-state index in [0.29, 0.717) is 23.2 Å². The van der Waals surface area contributed by atoms with Crippen molar-refractivity contribution in [3.63, 3.8) is 0 Å². The lowest BCUT2D eigenvalue weighted by atomic mass is 9.97. The van der Waals surface area contributed by atoms with E-state index in [2.05, 4.69) is 39.8 Å². The Morgan fingerprint density at radius 2 is 1.64 bits per heavy atom. The normalized spacial score (nSPS) is 12.4. The molecule has 0 saturated carbocycles. The first-order valence-electron chi connectivity index (χ1n) is 13.2. The van der Waals surface area contributed by atoms with Crippen LogP contribution in [0.1, 0.15) is 43.1 Å². The summed E-state index contributed by atoms with van der Waals surface area (Å²) in [5.41, 5.74) is 4.51. The number of rotatable bonds is 12. The van der Waals surface area contributed by atoms with Crippen LogP contribution in [0.15, 0.2) is 83.4 Å². The number of ether oxygens (including phenoxy) is 1. The molecule has 0 saturated heterocycles. The van der Waals surface area contributed by atoms with Gasteiger partial charge in [-0.3, -0.25) is 4.79 Å². The molecule has 0 radical (unpaired) electrons. The highest BCUT2D eigenvalue weighted by atomic mass is 16.5. The fourth-order valence-corrected chi connectivity index (χ4v) is 4.14. The minimum Gasteiger partial charge on any atom is -0.464 e. The molecular formula is C31H34N4O4. The number of nitrogens with one attached hydrogen (secondary N) is 2. The first kappa shape index (κ1) is 27.6. The van der Waals surface area contributed by atoms with E-state index in [1.165, 1.54) is 5.56 Å². The molecule has 0 aliphatic rings. The van der Waals surface area contributed by atoms with Gasteiger partial charge in [-0.2, -0.15) is 4.98 Å². The molecule has 39 heavy (non-hydrogen) atoms. The maximum atomic E-state index is 12.4. The van der Waals surface area contributed by atoms with Gasteiger partial charge < -0.3 is 19.9 Å². The topological polar surface area (TPSA) is 106 Å². The van der Waals surface area contributed by atoms with Crippen molar-refractivity contribution in [2.24, 2.45) is 5.92 Å². The lowest BCUT2D eigenvalue weighted by Gasteiger charge is -2.14. The molecule has 202 valence electrons. The van der Waals surface area contributed by atoms with Crippen molar-refractivity contribution in [1.82, 2.24) is 15.5 Å². The lowest BCUT2D eigenvalue weighted by molar-refractivity contribution is -0.144. The number of carbonyl (C=O) groups is 2. The maximum Gasteiger partial charge on any atom is 0.328 e. The molecule has 2 N–H and O–H groups in total. The zero-order valence-corrected chi connectivity index (χ0v) is 22.5. The quantitative estimate of drug-likeness (QED) is 0.226. The summed E-state index contributed by atoms with van der Waals surface area (Å²) >= 11 is 0. The molecule has 1 unspecified atom stereocenters. The van der Waals surface area contributed by atoms with Crippen molar-refractivity contribution in [2.45, 2.75) is 39.7 Å². The Hall–Kier alpha value is -4.46. The van der Waals surface area contributed by atoms with E-state index in [9.17, 15) is 9.59 Å². The minimum absolute atomic E-state index is 0.280. The van der Waals surface area contributed by atoms with Crippen LogP contribution in [-0.2, 0) is 16.0 Å². The van der Waals surface area contributed by atoms with E-state index >= 15 is 0 Å². The summed E-state index contributed by atoms with van der Waals surface area (Å²) in [5, 5.41) is 10.2. The number of benzene rings is 3. The molecule has 4 rings (SSSR count). The molecule has 1 amide bonds. The van der Waals surface area contributed by atoms with E-state index in [0.717, 1.165) is 36.2 Å². The number of carbonyl (C=O) groups excluding carboxylic acids is 2. The number of amides is 1. The smallest absolute Gasteiger partial charge is 0.328 e. The second-order valence-electron chi connectivity index (χ2n) is 9.54. The SMILES string of the molecule is CCOC(=O)[C@H](C)NC(=O)c1ccc(NCCC(C)Cc2ccc(-c3noc(-c4ccccc4)n3)cc2)cc1. The van der Waals surface area contributed by atoms with E-state index in [4.69, 9.17) is 9.26 Å². The van der Waals surface area contributed by atoms with Gasteiger partial charge in [-0.1, -0.05) is 54.5 Å². The van der Waals surface area contributed by atoms with Crippen molar-refractivity contribution in [2.75, 3.05) is 18.5 Å². The number of esters is 1. The first-order valence-corrected chi connectivity index (χ1v) is 13.2. The van der Waals surface area contributed by atoms with Crippen molar-refractivity contribution in [1.29, 1.82) is 0 Å². The predicted octanol–water partition coefficient (Wildman–Crippen LogP) is 5.77. The molecule has 2 atom stereocenters. The van der Waals surface area contributed by atoms with Gasteiger partial charge in [-0.05, 0) is 74.6 Å². The van der Waals surface area contributed by atoms with Gasteiger partial charge in [0.25, 0.3) is 11.8 Å². The number of aromatic nitrogens is 2. The molecule has 1 aromatic heterocycles. The average Bonchev–Trinajstić information content (AvgIpc) is 3.45. The Balaban J connectivity index is 1.21. The van der Waals surface area contributed by atoms with E-state index in [1.807, 2.05) is 54.6 Å². The molecule has 3 aromatic carbocycles. The van der Waals surface area contributed by atoms with Crippen LogP contribution in [-0.4, -0.2) is 41.2 Å². The summed E-state index contributed by atoms with van der Waals surface area (Å²) in [6.45, 7) is 6.67. The van der Waals surface area contributed by atoms with Gasteiger partial charge in [0.1, 0.15) is 6.04 Å². The molecule has 0 aliphatic carbocycles. The molecule has 8 heteroatoms. The van der Waals surface area contributed by atoms with Crippen LogP contribution in [0.5, 0.6) is 0 Å². The number of anilines is 1. The minimum atomic E-state index is -0.695. The summed E-state index contributed by atoms with van der Waals surface area (Å²) in [5.74, 6) is 0.816. The van der Waals surface area contributed by atoms with Gasteiger partial charge in [0.2, 0.25) is 5.82 Å². The van der Waals surface area contributed by atoms with E-state index in [1.54, 1.807) is 26.0 Å². The van der Waals surface area contributed by atoms with Crippen molar-refractivity contribution >= 4 is 17.6 Å². The molecule has 0 fully saturated rings. The highest BCUT2D eigenvalue weighted by molar-refractivity contribution is 5.96. The summed E-state index contributed by atoms with van der Waals surface area (Å²) in [7, 11) is 0. The van der Waals surface area contributed by atoms with Gasteiger partial charge in [0.15, 0.2) is 0 Å². The zero-order chi connectivity index (χ0) is 27.6. The van der Waals surface area contributed by atoms with Crippen molar-refractivity contribution < 1.29 is 18.8 Å². The Morgan fingerprint density at radius 3 is 2.33 bits per heavy atom. The Bertz CT molecular complexity index is 1350. The maximum absolute atomic E-state index is 12.4. The van der Waals surface area contributed by atoms with Crippen LogP contribution in [0.25, 0.3) is 22.8 Å². The largest absolute Gasteiger partial charge is 0.464 e. The first-order chi connectivity index (χ1) is 18.9. The predicted molar refractivity (Wildman–Crippen MR) is 151 cm³/mol. The van der Waals surface area contributed by atoms with Crippen LogP contribution < -0.4 is 10.6 Å². The Kier molecular flexibility index (Phi) is 9.45. The summed E-state index contributed by atoms with van der Waals surface area (Å²) < 4.78 is 10.4. The molecule has 0 bridgehead atoms. The second kappa shape index (κ2) is 13.4. The lowest BCUT2D eigenvalue weighted by Crippen LogP contribution is -2.39. The standard InChI is InChI=1S/C31H34N4O4/c1-4-38-31(37)22(3)33-29(36)25-14-16-27(17-15-25)32-19-18-21(2)20-23-10-12-24(13-11-23)28-34-30(39-35-28)26-8-6-5-7-9-26/h5-17,21-22,32H,4,18-20H2,1-3H3,(H,33,36)/t21?,22-/m0/s1. The monoisotopic (exact) mass is 526 g/mol. The number of nitrogens with zero attached hydrogens (tertiary/aromatic N) is 2. The summed E-state index contributed by atoms with van der Waals surface area (Å²) in [6.07, 6.45) is 1.95. The molecule has 8 nitrogen and oxygen atoms in total. The van der Waals surface area contributed by atoms with Crippen molar-refractivity contribution in [3.8, 4) is 22.8 Å². The second-order valence-corrected chi connectivity index (χ2v) is 9.54. The molecule has 0 aliphatic heterocycles. The van der Waals surface area contributed by atoms with Gasteiger partial charge in [0.05, 0.1) is 6.61 Å². The van der Waals surface area contributed by atoms with Gasteiger partial charge in [-0.25, -0.2) is 4.79 Å². The van der Waals surface area contributed by atoms with E-state index in [-0.39, 0.29) is 12.5 Å². The van der Waals surface area contributed by atoms with E-state index < -0.39 is 12.0 Å². The Labute approximate surface area is 228 Å². The van der Waals surface area contributed by atoms with Crippen LogP contribution in [0, 0.1) is 5.92 Å². The number of hydrogen-bond acceptors (Lipinski definition) is 7. The average molecular weight is 527 g/mol. The van der Waals surface area contributed by atoms with Crippen LogP contribution >= 0.6 is 0 Å². The highest BCUT2D eigenvalue weighted by Gasteiger charge is 2.17. The van der Waals surface area contributed by atoms with Crippen molar-refractivity contribution in [3.05, 3.63) is 90.0 Å². The Morgan fingerprint density at radius 1 is 0.923 bits per heavy atom. The molecular weight excluding hydrogens is 492 g/mol. The van der Waals surface area contributed by atoms with Crippen LogP contribution in [0.3, 0.4) is 0 Å². The summed E-state index contributed by atoms with van der Waals surface area (Å²) in [4.78, 5) is 28.6. The zero-order valence-electron chi connectivity index (χ0n) is 22.5. The van der Waals surface area contributed by atoms with Gasteiger partial charge in [-0.15, -0.1) is 0 Å². The van der Waals surface area contributed by atoms with Crippen LogP contribution in [0.2, 0.25) is 0 Å². The summed E-state index contributed by atoms with van der Waals surface area (Å²) in [6, 6.07) is 24.6. The fraction of sp³-hybridized carbons (Fsp3) is 0.290. The van der Waals surface area contributed by atoms with Crippen LogP contribution in [0.4, 0.5) is 5.69 Å². The third-order valence-corrected chi connectivity index (χ3v) is 6.34. The third kappa shape index (κ3) is 7.77. The fourth-order valence-electron chi connectivity index (χ4n) is 4.14. The highest BCUT2D eigenvalue weighted by Crippen LogP contribution is 2.23. The third-order valence-electron chi connectivity index (χ3n) is 6.34. The molecule has 1 heterocycles.